The molecule has 90 valence electrons. The maximum atomic E-state index is 11.2. The summed E-state index contributed by atoms with van der Waals surface area (Å²) in [5, 5.41) is 2.79. The van der Waals surface area contributed by atoms with Gasteiger partial charge >= 0.3 is 0 Å². The first-order valence-corrected chi connectivity index (χ1v) is 6.20. The Balaban J connectivity index is 0. The molecular weight excluding hydrogens is 186 g/mol. The zero-order valence-electron chi connectivity index (χ0n) is 11.2. The monoisotopic (exact) mass is 213 g/mol. The molecular formula is C13H27NO. The second-order valence-corrected chi connectivity index (χ2v) is 3.04. The third kappa shape index (κ3) is 4.50. The summed E-state index contributed by atoms with van der Waals surface area (Å²) in [7, 11) is 0. The van der Waals surface area contributed by atoms with Crippen LogP contribution in [0.4, 0.5) is 0 Å². The minimum absolute atomic E-state index is 0.157. The molecule has 1 N–H and O–H groups in total. The van der Waals surface area contributed by atoms with E-state index >= 15 is 0 Å². The first kappa shape index (κ1) is 16.6. The van der Waals surface area contributed by atoms with Crippen LogP contribution in [0.2, 0.25) is 0 Å². The maximum absolute atomic E-state index is 11.2. The van der Waals surface area contributed by atoms with Gasteiger partial charge in [0.2, 0.25) is 5.91 Å². The smallest absolute Gasteiger partial charge is 0.227 e. The summed E-state index contributed by atoms with van der Waals surface area (Å²) in [6, 6.07) is 0. The van der Waals surface area contributed by atoms with Gasteiger partial charge in [0.25, 0.3) is 0 Å². The molecule has 1 saturated heterocycles. The molecule has 0 aromatic rings. The third-order valence-electron chi connectivity index (χ3n) is 2.43. The number of carbonyl (C=O) groups is 1. The van der Waals surface area contributed by atoms with Crippen LogP contribution in [-0.2, 0) is 4.79 Å². The average molecular weight is 213 g/mol. The highest BCUT2D eigenvalue weighted by Crippen LogP contribution is 2.30. The Labute approximate surface area is 95.1 Å². The molecule has 0 radical (unpaired) electrons. The second kappa shape index (κ2) is 9.75. The van der Waals surface area contributed by atoms with Crippen LogP contribution >= 0.6 is 0 Å². The summed E-state index contributed by atoms with van der Waals surface area (Å²) in [5.74, 6) is 0.698. The van der Waals surface area contributed by atoms with E-state index in [1.807, 2.05) is 34.6 Å². The molecule has 0 aliphatic carbocycles. The SMILES string of the molecule is C=C1NC(=O)C(CC)C1CC.CC.CC. The van der Waals surface area contributed by atoms with Crippen molar-refractivity contribution in [3.8, 4) is 0 Å². The van der Waals surface area contributed by atoms with E-state index < -0.39 is 0 Å². The van der Waals surface area contributed by atoms with Crippen molar-refractivity contribution in [1.29, 1.82) is 0 Å². The van der Waals surface area contributed by atoms with Gasteiger partial charge in [-0.05, 0) is 12.8 Å². The molecule has 2 nitrogen and oxygen atoms in total. The third-order valence-corrected chi connectivity index (χ3v) is 2.43. The van der Waals surface area contributed by atoms with Crippen LogP contribution < -0.4 is 5.32 Å². The normalized spacial score (nSPS) is 23.3. The predicted molar refractivity (Wildman–Crippen MR) is 67.5 cm³/mol. The molecule has 1 rings (SSSR count). The van der Waals surface area contributed by atoms with Crippen LogP contribution in [0.5, 0.6) is 0 Å². The van der Waals surface area contributed by atoms with Crippen molar-refractivity contribution in [3.63, 3.8) is 0 Å². The van der Waals surface area contributed by atoms with E-state index in [1.165, 1.54) is 0 Å². The van der Waals surface area contributed by atoms with Gasteiger partial charge in [0.1, 0.15) is 0 Å². The van der Waals surface area contributed by atoms with Crippen LogP contribution in [0.25, 0.3) is 0 Å². The summed E-state index contributed by atoms with van der Waals surface area (Å²) < 4.78 is 0. The number of hydrogen-bond donors (Lipinski definition) is 1. The molecule has 1 amide bonds. The van der Waals surface area contributed by atoms with Crippen LogP contribution in [0, 0.1) is 11.8 Å². The van der Waals surface area contributed by atoms with Gasteiger partial charge in [-0.2, -0.15) is 0 Å². The highest BCUT2D eigenvalue weighted by atomic mass is 16.2. The van der Waals surface area contributed by atoms with E-state index in [1.54, 1.807) is 0 Å². The fraction of sp³-hybridized carbons (Fsp3) is 0.769. The fourth-order valence-electron chi connectivity index (χ4n) is 1.77. The Kier molecular flexibility index (Phi) is 10.8. The number of carbonyl (C=O) groups excluding carboxylic acids is 1. The molecule has 1 aliphatic rings. The Morgan fingerprint density at radius 1 is 1.07 bits per heavy atom. The molecule has 15 heavy (non-hydrogen) atoms. The highest BCUT2D eigenvalue weighted by molar-refractivity contribution is 5.84. The molecule has 1 heterocycles. The molecule has 2 heteroatoms. The molecule has 2 unspecified atom stereocenters. The Bertz CT molecular complexity index is 167. The number of rotatable bonds is 2. The number of allylic oxidation sites excluding steroid dienone is 1. The highest BCUT2D eigenvalue weighted by Gasteiger charge is 2.34. The Morgan fingerprint density at radius 3 is 1.73 bits per heavy atom. The lowest BCUT2D eigenvalue weighted by Crippen LogP contribution is -2.18. The van der Waals surface area contributed by atoms with E-state index in [-0.39, 0.29) is 11.8 Å². The van der Waals surface area contributed by atoms with Crippen LogP contribution in [-0.4, -0.2) is 5.91 Å². The van der Waals surface area contributed by atoms with Gasteiger partial charge in [-0.25, -0.2) is 0 Å². The average Bonchev–Trinajstić information content (AvgIpc) is 2.57. The van der Waals surface area contributed by atoms with Crippen molar-refractivity contribution in [1.82, 2.24) is 5.32 Å². The molecule has 0 aromatic carbocycles. The molecule has 1 aliphatic heterocycles. The molecule has 0 bridgehead atoms. The van der Waals surface area contributed by atoms with E-state index in [9.17, 15) is 4.79 Å². The van der Waals surface area contributed by atoms with Gasteiger partial charge < -0.3 is 5.32 Å². The van der Waals surface area contributed by atoms with Crippen molar-refractivity contribution >= 4 is 5.91 Å². The van der Waals surface area contributed by atoms with Gasteiger partial charge in [0, 0.05) is 17.5 Å². The molecule has 0 saturated carbocycles. The zero-order chi connectivity index (χ0) is 12.4. The number of nitrogens with one attached hydrogen (secondary N) is 1. The first-order valence-electron chi connectivity index (χ1n) is 6.20. The lowest BCUT2D eigenvalue weighted by molar-refractivity contribution is -0.122. The van der Waals surface area contributed by atoms with Gasteiger partial charge in [-0.15, -0.1) is 0 Å². The summed E-state index contributed by atoms with van der Waals surface area (Å²) >= 11 is 0. The number of amides is 1. The van der Waals surface area contributed by atoms with Crippen molar-refractivity contribution in [2.75, 3.05) is 0 Å². The zero-order valence-corrected chi connectivity index (χ0v) is 11.2. The van der Waals surface area contributed by atoms with Gasteiger partial charge in [-0.1, -0.05) is 48.1 Å². The quantitative estimate of drug-likeness (QED) is 0.744. The summed E-state index contributed by atoms with van der Waals surface area (Å²) in [6.45, 7) is 16.0. The molecule has 0 spiro atoms. The second-order valence-electron chi connectivity index (χ2n) is 3.04. The lowest BCUT2D eigenvalue weighted by Gasteiger charge is -2.11. The van der Waals surface area contributed by atoms with Gasteiger partial charge in [-0.3, -0.25) is 4.79 Å². The Hall–Kier alpha value is -0.790. The summed E-state index contributed by atoms with van der Waals surface area (Å²) in [6.07, 6.45) is 1.93. The Morgan fingerprint density at radius 2 is 1.47 bits per heavy atom. The number of hydrogen-bond acceptors (Lipinski definition) is 1. The minimum atomic E-state index is 0.157. The summed E-state index contributed by atoms with van der Waals surface area (Å²) in [5.41, 5.74) is 0.907. The van der Waals surface area contributed by atoms with E-state index in [4.69, 9.17) is 0 Å². The molecule has 1 fully saturated rings. The van der Waals surface area contributed by atoms with Crippen LogP contribution in [0.3, 0.4) is 0 Å². The molecule has 0 aromatic heterocycles. The van der Waals surface area contributed by atoms with Crippen LogP contribution in [0.1, 0.15) is 54.4 Å². The summed E-state index contributed by atoms with van der Waals surface area (Å²) in [4.78, 5) is 11.2. The fourth-order valence-corrected chi connectivity index (χ4v) is 1.77. The standard InChI is InChI=1S/C9H15NO.2C2H6/c1-4-7-6(3)10-9(11)8(7)5-2;2*1-2/h7-8H,3-5H2,1-2H3,(H,10,11);2*1-2H3. The van der Waals surface area contributed by atoms with Crippen molar-refractivity contribution in [3.05, 3.63) is 12.3 Å². The van der Waals surface area contributed by atoms with Gasteiger partial charge in [0.05, 0.1) is 0 Å². The van der Waals surface area contributed by atoms with E-state index in [0.29, 0.717) is 5.92 Å². The van der Waals surface area contributed by atoms with Crippen molar-refractivity contribution in [2.24, 2.45) is 11.8 Å². The largest absolute Gasteiger partial charge is 0.330 e. The van der Waals surface area contributed by atoms with Crippen molar-refractivity contribution in [2.45, 2.75) is 54.4 Å². The maximum Gasteiger partial charge on any atom is 0.227 e. The van der Waals surface area contributed by atoms with Crippen LogP contribution in [0.15, 0.2) is 12.3 Å². The predicted octanol–water partition coefficient (Wildman–Crippen LogP) is 3.73. The molecule has 2 atom stereocenters. The van der Waals surface area contributed by atoms with E-state index in [0.717, 1.165) is 18.5 Å². The first-order chi connectivity index (χ1) is 7.20. The topological polar surface area (TPSA) is 29.1 Å². The minimum Gasteiger partial charge on any atom is -0.330 e. The van der Waals surface area contributed by atoms with E-state index in [2.05, 4.69) is 18.8 Å². The van der Waals surface area contributed by atoms with Gasteiger partial charge in [0.15, 0.2) is 0 Å². The van der Waals surface area contributed by atoms with Crippen molar-refractivity contribution < 1.29 is 4.79 Å². The lowest BCUT2D eigenvalue weighted by atomic mass is 9.89.